The summed E-state index contributed by atoms with van der Waals surface area (Å²) in [6, 6.07) is 6.61. The van der Waals surface area contributed by atoms with E-state index in [2.05, 4.69) is 9.79 Å². The van der Waals surface area contributed by atoms with Crippen molar-refractivity contribution in [3.63, 3.8) is 0 Å². The molecule has 1 atom stereocenters. The van der Waals surface area contributed by atoms with E-state index in [-0.39, 0.29) is 36.2 Å². The van der Waals surface area contributed by atoms with E-state index in [1.54, 1.807) is 6.07 Å². The molecule has 0 bridgehead atoms. The average molecular weight is 401 g/mol. The number of carbonyl (C=O) groups is 1. The van der Waals surface area contributed by atoms with E-state index in [1.807, 2.05) is 0 Å². The maximum Gasteiger partial charge on any atom is 0.415 e. The van der Waals surface area contributed by atoms with E-state index >= 15 is 0 Å². The molecule has 1 heterocycles. The van der Waals surface area contributed by atoms with Crippen molar-refractivity contribution in [2.45, 2.75) is 22.9 Å². The van der Waals surface area contributed by atoms with Gasteiger partial charge in [-0.2, -0.15) is 0 Å². The monoisotopic (exact) mass is 401 g/mol. The molecule has 0 saturated carbocycles. The Morgan fingerprint density at radius 1 is 1.26 bits per heavy atom. The van der Waals surface area contributed by atoms with Gasteiger partial charge >= 0.3 is 16.9 Å². The molecule has 0 aliphatic carbocycles. The van der Waals surface area contributed by atoms with Gasteiger partial charge in [-0.05, 0) is 24.0 Å². The molecule has 27 heavy (non-hydrogen) atoms. The standard InChI is InChI=1S/C15H19N3O8S/c1-11(16)15(19)25-10-8-23-7-9-24-13-14(18(20)26-17-13)27(21,22)12-5-3-2-4-6-12/h2-6,11H,7-10,16H2,1H3/t11-/m0/s1. The van der Waals surface area contributed by atoms with Crippen molar-refractivity contribution in [2.75, 3.05) is 26.4 Å². The van der Waals surface area contributed by atoms with Gasteiger partial charge in [-0.1, -0.05) is 18.2 Å². The molecule has 0 unspecified atom stereocenters. The molecule has 148 valence electrons. The summed E-state index contributed by atoms with van der Waals surface area (Å²) < 4.78 is 44.6. The summed E-state index contributed by atoms with van der Waals surface area (Å²) in [7, 11) is -4.17. The first-order chi connectivity index (χ1) is 12.8. The van der Waals surface area contributed by atoms with E-state index in [9.17, 15) is 18.4 Å². The normalized spacial score (nSPS) is 12.5. The zero-order chi connectivity index (χ0) is 19.9. The summed E-state index contributed by atoms with van der Waals surface area (Å²) in [6.07, 6.45) is 0. The fourth-order valence-corrected chi connectivity index (χ4v) is 3.17. The smallest absolute Gasteiger partial charge is 0.415 e. The van der Waals surface area contributed by atoms with Crippen molar-refractivity contribution in [1.29, 1.82) is 0 Å². The quantitative estimate of drug-likeness (QED) is 0.310. The molecule has 11 nitrogen and oxygen atoms in total. The molecule has 0 aliphatic rings. The first kappa shape index (κ1) is 20.6. The van der Waals surface area contributed by atoms with Crippen molar-refractivity contribution in [3.8, 4) is 5.88 Å². The van der Waals surface area contributed by atoms with Gasteiger partial charge in [0.2, 0.25) is 0 Å². The van der Waals surface area contributed by atoms with Gasteiger partial charge in [0, 0.05) is 0 Å². The Kier molecular flexibility index (Phi) is 7.10. The largest absolute Gasteiger partial charge is 0.462 e. The number of nitrogens with two attached hydrogens (primary N) is 1. The topological polar surface area (TPSA) is 158 Å². The minimum Gasteiger partial charge on any atom is -0.462 e. The van der Waals surface area contributed by atoms with Gasteiger partial charge in [0.25, 0.3) is 9.84 Å². The molecule has 0 aliphatic heterocycles. The molecule has 0 saturated heterocycles. The van der Waals surface area contributed by atoms with Crippen LogP contribution < -0.4 is 15.4 Å². The lowest BCUT2D eigenvalue weighted by atomic mass is 10.4. The average Bonchev–Trinajstić information content (AvgIpc) is 3.02. The molecule has 2 aromatic rings. The number of carbonyl (C=O) groups excluding carboxylic acids is 1. The SMILES string of the molecule is C[C@H](N)C(=O)OCCOCCOc1no[n+]([O-])c1S(=O)(=O)c1ccccc1. The van der Waals surface area contributed by atoms with Crippen molar-refractivity contribution in [3.05, 3.63) is 35.5 Å². The molecule has 2 rings (SSSR count). The van der Waals surface area contributed by atoms with Crippen molar-refractivity contribution >= 4 is 15.8 Å². The van der Waals surface area contributed by atoms with Gasteiger partial charge in [-0.3, -0.25) is 9.42 Å². The van der Waals surface area contributed by atoms with E-state index < -0.39 is 32.8 Å². The molecule has 0 fully saturated rings. The summed E-state index contributed by atoms with van der Waals surface area (Å²) in [4.78, 5) is 10.8. The number of nitrogens with zero attached hydrogens (tertiary/aromatic N) is 2. The van der Waals surface area contributed by atoms with Gasteiger partial charge in [0.1, 0.15) is 19.3 Å². The van der Waals surface area contributed by atoms with Crippen LogP contribution in [0.25, 0.3) is 0 Å². The third kappa shape index (κ3) is 5.39. The highest BCUT2D eigenvalue weighted by Gasteiger charge is 2.35. The van der Waals surface area contributed by atoms with Gasteiger partial charge in [0.15, 0.2) is 0 Å². The third-order valence-electron chi connectivity index (χ3n) is 3.16. The van der Waals surface area contributed by atoms with Crippen LogP contribution in [0.2, 0.25) is 0 Å². The number of ether oxygens (including phenoxy) is 3. The maximum atomic E-state index is 12.5. The van der Waals surface area contributed by atoms with Crippen LogP contribution in [0.4, 0.5) is 0 Å². The molecule has 12 heteroatoms. The van der Waals surface area contributed by atoms with E-state index in [0.717, 1.165) is 0 Å². The van der Waals surface area contributed by atoms with E-state index in [1.165, 1.54) is 31.2 Å². The number of benzene rings is 1. The third-order valence-corrected chi connectivity index (χ3v) is 4.89. The fourth-order valence-electron chi connectivity index (χ4n) is 1.87. The number of rotatable bonds is 10. The molecule has 2 N–H and O–H groups in total. The minimum atomic E-state index is -4.17. The number of hydrogen-bond donors (Lipinski definition) is 1. The van der Waals surface area contributed by atoms with Crippen LogP contribution >= 0.6 is 0 Å². The lowest BCUT2D eigenvalue weighted by Gasteiger charge is -2.07. The Labute approximate surface area is 155 Å². The predicted molar refractivity (Wildman–Crippen MR) is 88.3 cm³/mol. The molecule has 1 aromatic heterocycles. The second-order valence-corrected chi connectivity index (χ2v) is 7.14. The first-order valence-electron chi connectivity index (χ1n) is 7.86. The summed E-state index contributed by atoms with van der Waals surface area (Å²) in [5, 5.41) is 14.3. The molecule has 1 aromatic carbocycles. The number of esters is 1. The van der Waals surface area contributed by atoms with Crippen LogP contribution in [0.5, 0.6) is 5.88 Å². The van der Waals surface area contributed by atoms with Crippen molar-refractivity contribution in [1.82, 2.24) is 5.16 Å². The van der Waals surface area contributed by atoms with E-state index in [4.69, 9.17) is 19.9 Å². The van der Waals surface area contributed by atoms with Crippen LogP contribution in [-0.2, 0) is 24.1 Å². The summed E-state index contributed by atoms with van der Waals surface area (Å²) in [5.74, 6) is -1.02. The highest BCUT2D eigenvalue weighted by atomic mass is 32.2. The maximum absolute atomic E-state index is 12.5. The number of sulfone groups is 1. The highest BCUT2D eigenvalue weighted by molar-refractivity contribution is 7.91. The van der Waals surface area contributed by atoms with Gasteiger partial charge in [-0.15, -0.1) is 0 Å². The van der Waals surface area contributed by atoms with Crippen LogP contribution in [0, 0.1) is 5.21 Å². The van der Waals surface area contributed by atoms with Gasteiger partial charge < -0.3 is 25.2 Å². The summed E-state index contributed by atoms with van der Waals surface area (Å²) >= 11 is 0. The van der Waals surface area contributed by atoms with Crippen LogP contribution in [0.1, 0.15) is 6.92 Å². The van der Waals surface area contributed by atoms with Crippen LogP contribution in [-0.4, -0.2) is 52.0 Å². The summed E-state index contributed by atoms with van der Waals surface area (Å²) in [6.45, 7) is 1.53. The Morgan fingerprint density at radius 2 is 1.93 bits per heavy atom. The fraction of sp³-hybridized carbons (Fsp3) is 0.400. The van der Waals surface area contributed by atoms with Crippen molar-refractivity contribution in [2.24, 2.45) is 5.73 Å². The molecular weight excluding hydrogens is 382 g/mol. The Hall–Kier alpha value is -2.70. The van der Waals surface area contributed by atoms with Gasteiger partial charge in [-0.25, -0.2) is 8.42 Å². The van der Waals surface area contributed by atoms with Crippen LogP contribution in [0.15, 0.2) is 44.9 Å². The Morgan fingerprint density at radius 3 is 2.59 bits per heavy atom. The number of hydrogen-bond acceptors (Lipinski definition) is 10. The second-order valence-electron chi connectivity index (χ2n) is 5.27. The predicted octanol–water partition coefficient (Wildman–Crippen LogP) is -0.573. The minimum absolute atomic E-state index is 0.0124. The molecule has 0 radical (unpaired) electrons. The van der Waals surface area contributed by atoms with E-state index in [0.29, 0.717) is 0 Å². The van der Waals surface area contributed by atoms with Crippen molar-refractivity contribution < 1.29 is 37.0 Å². The number of aromatic nitrogens is 2. The Bertz CT molecular complexity index is 851. The lowest BCUT2D eigenvalue weighted by Crippen LogP contribution is -2.31. The zero-order valence-corrected chi connectivity index (χ0v) is 15.3. The van der Waals surface area contributed by atoms with Gasteiger partial charge in [0.05, 0.1) is 23.3 Å². The Balaban J connectivity index is 1.88. The summed E-state index contributed by atoms with van der Waals surface area (Å²) in [5.41, 5.74) is 5.33. The molecule has 0 amide bonds. The second kappa shape index (κ2) is 9.30. The molecular formula is C15H19N3O8S. The first-order valence-corrected chi connectivity index (χ1v) is 9.35. The highest BCUT2D eigenvalue weighted by Crippen LogP contribution is 2.24. The van der Waals surface area contributed by atoms with Crippen LogP contribution in [0.3, 0.4) is 0 Å². The molecule has 0 spiro atoms. The lowest BCUT2D eigenvalue weighted by molar-refractivity contribution is -0.832. The zero-order valence-electron chi connectivity index (χ0n) is 14.4.